The van der Waals surface area contributed by atoms with E-state index in [1.54, 1.807) is 0 Å². The van der Waals surface area contributed by atoms with Gasteiger partial charge in [-0.2, -0.15) is 0 Å². The highest BCUT2D eigenvalue weighted by atomic mass is 19.4. The van der Waals surface area contributed by atoms with Gasteiger partial charge in [0.15, 0.2) is 5.78 Å². The van der Waals surface area contributed by atoms with Crippen molar-refractivity contribution in [1.82, 2.24) is 15.5 Å². The van der Waals surface area contributed by atoms with Crippen LogP contribution >= 0.6 is 0 Å². The van der Waals surface area contributed by atoms with Gasteiger partial charge < -0.3 is 20.6 Å². The molecule has 2 saturated heterocycles. The molecule has 0 aromatic heterocycles. The van der Waals surface area contributed by atoms with Crippen molar-refractivity contribution in [2.45, 2.75) is 71.0 Å². The highest BCUT2D eigenvalue weighted by Crippen LogP contribution is 2.26. The van der Waals surface area contributed by atoms with Crippen LogP contribution in [-0.2, 0) is 19.1 Å². The molecule has 0 aromatic carbocycles. The summed E-state index contributed by atoms with van der Waals surface area (Å²) in [6.07, 6.45) is -4.66. The highest BCUT2D eigenvalue weighted by molar-refractivity contribution is 5.94. The molecule has 2 aliphatic heterocycles. The van der Waals surface area contributed by atoms with Gasteiger partial charge in [0.1, 0.15) is 18.8 Å². The molecule has 0 bridgehead atoms. The molecular weight excluding hydrogens is 431 g/mol. The van der Waals surface area contributed by atoms with Gasteiger partial charge in [-0.05, 0) is 56.5 Å². The summed E-state index contributed by atoms with van der Waals surface area (Å²) in [5, 5.41) is 15.9. The molecule has 2 amide bonds. The Hall–Kier alpha value is -1.72. The highest BCUT2D eigenvalue weighted by Gasteiger charge is 2.41. The second-order valence-corrected chi connectivity index (χ2v) is 9.35. The average molecular weight is 466 g/mol. The van der Waals surface area contributed by atoms with E-state index in [2.05, 4.69) is 15.4 Å². The van der Waals surface area contributed by atoms with E-state index in [1.165, 1.54) is 4.90 Å². The van der Waals surface area contributed by atoms with E-state index in [9.17, 15) is 32.7 Å². The molecule has 3 N–H and O–H groups in total. The number of rotatable bonds is 10. The Morgan fingerprint density at radius 2 is 1.97 bits per heavy atom. The maximum absolute atomic E-state index is 13.0. The van der Waals surface area contributed by atoms with Crippen molar-refractivity contribution < 1.29 is 37.4 Å². The van der Waals surface area contributed by atoms with Crippen molar-refractivity contribution in [2.75, 3.05) is 26.2 Å². The van der Waals surface area contributed by atoms with Crippen LogP contribution in [0.4, 0.5) is 13.2 Å². The zero-order valence-electron chi connectivity index (χ0n) is 18.8. The number of alkyl halides is 3. The zero-order chi connectivity index (χ0) is 24.1. The second-order valence-electron chi connectivity index (χ2n) is 9.35. The Morgan fingerprint density at radius 3 is 2.53 bits per heavy atom. The standard InChI is InChI=1S/C21H34F3N3O5/c1-12(2)6-17(28)20(31)27-10-13(3)7-16(27)19(30)26-15(8-14-4-5-25-9-14)18(29)11-32-21(22,23)24/h12-17,25,28H,4-11H2,1-3H3,(H,26,30)/t13-,14+,15+,16+,17-/m1/s1. The number of aliphatic hydroxyl groups excluding tert-OH is 1. The molecular formula is C21H34F3N3O5. The number of hydrogen-bond donors (Lipinski definition) is 3. The first kappa shape index (κ1) is 26.5. The lowest BCUT2D eigenvalue weighted by Gasteiger charge is -2.29. The van der Waals surface area contributed by atoms with Crippen LogP contribution < -0.4 is 10.6 Å². The van der Waals surface area contributed by atoms with Gasteiger partial charge in [-0.3, -0.25) is 19.1 Å². The predicted octanol–water partition coefficient (Wildman–Crippen LogP) is 1.22. The second kappa shape index (κ2) is 11.4. The third-order valence-electron chi connectivity index (χ3n) is 5.89. The summed E-state index contributed by atoms with van der Waals surface area (Å²) >= 11 is 0. The minimum absolute atomic E-state index is 0.00250. The van der Waals surface area contributed by atoms with Crippen LogP contribution in [0.15, 0.2) is 0 Å². The van der Waals surface area contributed by atoms with Crippen LogP contribution in [0.2, 0.25) is 0 Å². The predicted molar refractivity (Wildman–Crippen MR) is 109 cm³/mol. The van der Waals surface area contributed by atoms with Gasteiger partial charge in [-0.25, -0.2) is 0 Å². The van der Waals surface area contributed by atoms with Crippen molar-refractivity contribution in [2.24, 2.45) is 17.8 Å². The third kappa shape index (κ3) is 8.00. The number of Topliss-reactive ketones (excluding diaryl/α,β-unsaturated/α-hetero) is 1. The molecule has 5 atom stereocenters. The molecule has 0 saturated carbocycles. The molecule has 0 radical (unpaired) electrons. The first-order chi connectivity index (χ1) is 14.9. The summed E-state index contributed by atoms with van der Waals surface area (Å²) in [5.41, 5.74) is 0. The molecule has 0 aliphatic carbocycles. The molecule has 8 nitrogen and oxygen atoms in total. The molecule has 11 heteroatoms. The molecule has 2 aliphatic rings. The number of nitrogens with one attached hydrogen (secondary N) is 2. The number of carbonyl (C=O) groups is 3. The van der Waals surface area contributed by atoms with Crippen molar-refractivity contribution in [3.05, 3.63) is 0 Å². The van der Waals surface area contributed by atoms with Crippen molar-refractivity contribution in [3.63, 3.8) is 0 Å². The summed E-state index contributed by atoms with van der Waals surface area (Å²) in [6.45, 7) is 6.03. The topological polar surface area (TPSA) is 108 Å². The SMILES string of the molecule is CC(C)C[C@@H](O)C(=O)N1C[C@H](C)C[C@H]1C(=O)N[C@@H](C[C@@H]1CCNC1)C(=O)COC(F)(F)F. The fraction of sp³-hybridized carbons (Fsp3) is 0.857. The molecule has 2 rings (SSSR count). The fourth-order valence-corrected chi connectivity index (χ4v) is 4.32. The number of hydrogen-bond acceptors (Lipinski definition) is 6. The lowest BCUT2D eigenvalue weighted by molar-refractivity contribution is -0.321. The van der Waals surface area contributed by atoms with E-state index in [4.69, 9.17) is 0 Å². The quantitative estimate of drug-likeness (QED) is 0.448. The smallest absolute Gasteiger partial charge is 0.383 e. The van der Waals surface area contributed by atoms with Gasteiger partial charge in [0.25, 0.3) is 5.91 Å². The normalized spacial score (nSPS) is 25.8. The summed E-state index contributed by atoms with van der Waals surface area (Å²) in [4.78, 5) is 39.5. The number of amides is 2. The number of nitrogens with zero attached hydrogens (tertiary/aromatic N) is 1. The van der Waals surface area contributed by atoms with Crippen LogP contribution in [0, 0.1) is 17.8 Å². The van der Waals surface area contributed by atoms with Crippen molar-refractivity contribution in [1.29, 1.82) is 0 Å². The Bertz CT molecular complexity index is 668. The van der Waals surface area contributed by atoms with E-state index >= 15 is 0 Å². The van der Waals surface area contributed by atoms with Crippen molar-refractivity contribution in [3.8, 4) is 0 Å². The van der Waals surface area contributed by atoms with Crippen LogP contribution in [0.1, 0.15) is 46.5 Å². The number of carbonyl (C=O) groups excluding carboxylic acids is 3. The first-order valence-electron chi connectivity index (χ1n) is 11.1. The molecule has 184 valence electrons. The summed E-state index contributed by atoms with van der Waals surface area (Å²) in [7, 11) is 0. The van der Waals surface area contributed by atoms with E-state index in [0.717, 1.165) is 13.0 Å². The lowest BCUT2D eigenvalue weighted by Crippen LogP contribution is -2.53. The van der Waals surface area contributed by atoms with Crippen LogP contribution in [0.5, 0.6) is 0 Å². The maximum Gasteiger partial charge on any atom is 0.522 e. The van der Waals surface area contributed by atoms with Crippen molar-refractivity contribution >= 4 is 17.6 Å². The minimum Gasteiger partial charge on any atom is -0.383 e. The molecule has 2 heterocycles. The number of ether oxygens (including phenoxy) is 1. The number of aliphatic hydroxyl groups is 1. The fourth-order valence-electron chi connectivity index (χ4n) is 4.32. The number of halogens is 3. The third-order valence-corrected chi connectivity index (χ3v) is 5.89. The van der Waals surface area contributed by atoms with E-state index in [1.807, 2.05) is 20.8 Å². The first-order valence-corrected chi connectivity index (χ1v) is 11.1. The van der Waals surface area contributed by atoms with Crippen LogP contribution in [0.25, 0.3) is 0 Å². The van der Waals surface area contributed by atoms with Gasteiger partial charge >= 0.3 is 6.36 Å². The van der Waals surface area contributed by atoms with E-state index < -0.39 is 48.8 Å². The van der Waals surface area contributed by atoms with Gasteiger partial charge in [0.05, 0.1) is 6.04 Å². The summed E-state index contributed by atoms with van der Waals surface area (Å²) < 4.78 is 40.9. The van der Waals surface area contributed by atoms with E-state index in [-0.39, 0.29) is 37.1 Å². The Kier molecular flexibility index (Phi) is 9.47. The number of ketones is 1. The van der Waals surface area contributed by atoms with Gasteiger partial charge in [0, 0.05) is 6.54 Å². The lowest BCUT2D eigenvalue weighted by atomic mass is 9.96. The van der Waals surface area contributed by atoms with Gasteiger partial charge in [-0.15, -0.1) is 13.2 Å². The zero-order valence-corrected chi connectivity index (χ0v) is 18.8. The van der Waals surface area contributed by atoms with Crippen LogP contribution in [0.3, 0.4) is 0 Å². The van der Waals surface area contributed by atoms with Gasteiger partial charge in [0.2, 0.25) is 5.91 Å². The average Bonchev–Trinajstić information content (AvgIpc) is 3.33. The Morgan fingerprint density at radius 1 is 1.28 bits per heavy atom. The molecule has 32 heavy (non-hydrogen) atoms. The van der Waals surface area contributed by atoms with E-state index in [0.29, 0.717) is 13.0 Å². The largest absolute Gasteiger partial charge is 0.522 e. The molecule has 0 unspecified atom stereocenters. The molecule has 0 spiro atoms. The Labute approximate surface area is 186 Å². The molecule has 0 aromatic rings. The van der Waals surface area contributed by atoms with Crippen LogP contribution in [-0.4, -0.2) is 78.4 Å². The van der Waals surface area contributed by atoms with Gasteiger partial charge in [-0.1, -0.05) is 20.8 Å². The summed E-state index contributed by atoms with van der Waals surface area (Å²) in [5.74, 6) is -1.91. The minimum atomic E-state index is -4.95. The Balaban J connectivity index is 2.09. The molecule has 2 fully saturated rings. The summed E-state index contributed by atoms with van der Waals surface area (Å²) in [6, 6.07) is -2.04. The monoisotopic (exact) mass is 465 g/mol. The maximum atomic E-state index is 13.0. The number of likely N-dealkylation sites (tertiary alicyclic amines) is 1.